The smallest absolute Gasteiger partial charge is 0.153 e. The number of nitrogens with zero attached hydrogens (tertiary/aromatic N) is 3. The van der Waals surface area contributed by atoms with Gasteiger partial charge in [-0.3, -0.25) is 4.98 Å². The Morgan fingerprint density at radius 1 is 1.04 bits per heavy atom. The van der Waals surface area contributed by atoms with Crippen LogP contribution in [-0.4, -0.2) is 14.8 Å². The maximum atomic E-state index is 13.6. The normalized spacial score (nSPS) is 11.8. The predicted octanol–water partition coefficient (Wildman–Crippen LogP) is 5.13. The molecule has 26 heavy (non-hydrogen) atoms. The first kappa shape index (κ1) is 15.3. The number of fused-ring (bicyclic) bond motifs is 3. The van der Waals surface area contributed by atoms with Crippen LogP contribution < -0.4 is 5.73 Å². The number of hydrogen-bond acceptors (Lipinski definition) is 4. The van der Waals surface area contributed by atoms with Gasteiger partial charge in [-0.25, -0.2) is 9.07 Å². The molecule has 0 saturated heterocycles. The summed E-state index contributed by atoms with van der Waals surface area (Å²) in [7, 11) is 0. The van der Waals surface area contributed by atoms with E-state index in [1.54, 1.807) is 28.3 Å². The molecule has 0 spiro atoms. The lowest BCUT2D eigenvalue weighted by Crippen LogP contribution is -1.99. The monoisotopic (exact) mass is 362 g/mol. The van der Waals surface area contributed by atoms with Crippen molar-refractivity contribution in [3.8, 4) is 5.69 Å². The van der Waals surface area contributed by atoms with Gasteiger partial charge in [-0.1, -0.05) is 0 Å². The molecule has 2 aromatic carbocycles. The highest BCUT2D eigenvalue weighted by Gasteiger charge is 2.15. The van der Waals surface area contributed by atoms with Crippen LogP contribution in [0.15, 0.2) is 42.6 Å². The largest absolute Gasteiger partial charge is 0.382 e. The van der Waals surface area contributed by atoms with Crippen molar-refractivity contribution in [2.24, 2.45) is 0 Å². The van der Waals surface area contributed by atoms with Gasteiger partial charge >= 0.3 is 0 Å². The van der Waals surface area contributed by atoms with E-state index in [-0.39, 0.29) is 5.82 Å². The number of thiophene rings is 1. The lowest BCUT2D eigenvalue weighted by atomic mass is 10.1. The average Bonchev–Trinajstić information content (AvgIpc) is 3.09. The molecule has 5 rings (SSSR count). The average molecular weight is 362 g/mol. The number of anilines is 1. The van der Waals surface area contributed by atoms with Gasteiger partial charge in [0.15, 0.2) is 5.82 Å². The van der Waals surface area contributed by atoms with Crippen LogP contribution in [0.1, 0.15) is 10.4 Å². The fourth-order valence-electron chi connectivity index (χ4n) is 3.45. The van der Waals surface area contributed by atoms with E-state index in [0.717, 1.165) is 22.1 Å². The van der Waals surface area contributed by atoms with Crippen LogP contribution in [0, 0.1) is 19.7 Å². The van der Waals surface area contributed by atoms with E-state index in [1.807, 2.05) is 6.07 Å². The quantitative estimate of drug-likeness (QED) is 0.450. The Labute approximate surface area is 152 Å². The zero-order valence-electron chi connectivity index (χ0n) is 14.2. The lowest BCUT2D eigenvalue weighted by molar-refractivity contribution is 0.629. The van der Waals surface area contributed by atoms with Crippen molar-refractivity contribution < 1.29 is 4.39 Å². The topological polar surface area (TPSA) is 56.7 Å². The van der Waals surface area contributed by atoms with E-state index in [1.165, 1.54) is 32.7 Å². The number of nitrogens with two attached hydrogens (primary N) is 1. The molecule has 5 aromatic rings. The van der Waals surface area contributed by atoms with Gasteiger partial charge in [-0.15, -0.1) is 16.4 Å². The molecule has 128 valence electrons. The summed E-state index contributed by atoms with van der Waals surface area (Å²) in [4.78, 5) is 5.85. The molecule has 0 aliphatic carbocycles. The second-order valence-electron chi connectivity index (χ2n) is 6.44. The van der Waals surface area contributed by atoms with Crippen molar-refractivity contribution in [3.63, 3.8) is 0 Å². The molecule has 0 aliphatic rings. The van der Waals surface area contributed by atoms with Crippen LogP contribution in [-0.2, 0) is 0 Å². The summed E-state index contributed by atoms with van der Waals surface area (Å²) in [5.41, 5.74) is 9.88. The molecule has 0 unspecified atom stereocenters. The summed E-state index contributed by atoms with van der Waals surface area (Å²) in [5, 5.41) is 7.30. The molecular weight excluding hydrogens is 347 g/mol. The number of halogens is 1. The number of rotatable bonds is 1. The number of benzene rings is 2. The van der Waals surface area contributed by atoms with E-state index >= 15 is 0 Å². The number of aryl methyl sites for hydroxylation is 2. The van der Waals surface area contributed by atoms with Crippen molar-refractivity contribution in [2.75, 3.05) is 5.73 Å². The molecule has 2 N–H and O–H groups in total. The van der Waals surface area contributed by atoms with Crippen molar-refractivity contribution in [3.05, 3.63) is 58.9 Å². The minimum Gasteiger partial charge on any atom is -0.382 e. The van der Waals surface area contributed by atoms with Crippen molar-refractivity contribution in [1.29, 1.82) is 0 Å². The summed E-state index contributed by atoms with van der Waals surface area (Å²) in [5.74, 6) is -0.0112. The first-order valence-corrected chi connectivity index (χ1v) is 9.07. The molecule has 6 heteroatoms. The standard InChI is InChI=1S/C20H15FN4S/c1-10-11(2)26-19-9-14-16(8-13(10)19)23-6-5-18(14)25-17-4-3-12(21)7-15(17)20(22)24-25/h3-9H,1-2H3,(H2,22,24). The third-order valence-electron chi connectivity index (χ3n) is 4.91. The highest BCUT2D eigenvalue weighted by atomic mass is 32.1. The maximum Gasteiger partial charge on any atom is 0.153 e. The second kappa shape index (κ2) is 5.25. The first-order valence-electron chi connectivity index (χ1n) is 8.25. The van der Waals surface area contributed by atoms with Crippen molar-refractivity contribution >= 4 is 49.0 Å². The number of nitrogen functional groups attached to an aromatic ring is 1. The molecule has 4 nitrogen and oxygen atoms in total. The molecule has 0 aliphatic heterocycles. The van der Waals surface area contributed by atoms with E-state index in [4.69, 9.17) is 5.73 Å². The van der Waals surface area contributed by atoms with Crippen LogP contribution in [0.3, 0.4) is 0 Å². The molecular formula is C20H15FN4S. The molecule has 0 radical (unpaired) electrons. The zero-order chi connectivity index (χ0) is 18.0. The highest BCUT2D eigenvalue weighted by Crippen LogP contribution is 2.35. The van der Waals surface area contributed by atoms with Crippen molar-refractivity contribution in [2.45, 2.75) is 13.8 Å². The number of pyridine rings is 1. The summed E-state index contributed by atoms with van der Waals surface area (Å²) < 4.78 is 16.6. The summed E-state index contributed by atoms with van der Waals surface area (Å²) in [6.07, 6.45) is 1.77. The van der Waals surface area contributed by atoms with Crippen LogP contribution in [0.2, 0.25) is 0 Å². The van der Waals surface area contributed by atoms with E-state index in [2.05, 4.69) is 36.1 Å². The predicted molar refractivity (Wildman–Crippen MR) is 106 cm³/mol. The summed E-state index contributed by atoms with van der Waals surface area (Å²) in [6, 6.07) is 10.7. The van der Waals surface area contributed by atoms with E-state index in [0.29, 0.717) is 11.2 Å². The minimum atomic E-state index is -0.324. The fraction of sp³-hybridized carbons (Fsp3) is 0.100. The second-order valence-corrected chi connectivity index (χ2v) is 7.69. The Morgan fingerprint density at radius 2 is 1.88 bits per heavy atom. The number of aromatic nitrogens is 3. The molecule has 3 heterocycles. The first-order chi connectivity index (χ1) is 12.5. The Kier molecular flexibility index (Phi) is 3.09. The Bertz CT molecular complexity index is 1330. The van der Waals surface area contributed by atoms with Gasteiger partial charge in [0.1, 0.15) is 5.82 Å². The van der Waals surface area contributed by atoms with Gasteiger partial charge in [0.25, 0.3) is 0 Å². The summed E-state index contributed by atoms with van der Waals surface area (Å²) in [6.45, 7) is 4.27. The zero-order valence-corrected chi connectivity index (χ0v) is 15.1. The SMILES string of the molecule is Cc1sc2cc3c(-n4nc(N)c5cc(F)ccc54)ccnc3cc2c1C. The molecule has 0 saturated carbocycles. The third-order valence-corrected chi connectivity index (χ3v) is 6.08. The molecule has 0 atom stereocenters. The Morgan fingerprint density at radius 3 is 2.73 bits per heavy atom. The van der Waals surface area contributed by atoms with Gasteiger partial charge in [-0.05, 0) is 61.2 Å². The van der Waals surface area contributed by atoms with Crippen LogP contribution in [0.5, 0.6) is 0 Å². The fourth-order valence-corrected chi connectivity index (χ4v) is 4.54. The minimum absolute atomic E-state index is 0.313. The van der Waals surface area contributed by atoms with Gasteiger partial charge in [-0.2, -0.15) is 0 Å². The van der Waals surface area contributed by atoms with Gasteiger partial charge in [0.2, 0.25) is 0 Å². The van der Waals surface area contributed by atoms with Crippen LogP contribution >= 0.6 is 11.3 Å². The molecule has 0 bridgehead atoms. The highest BCUT2D eigenvalue weighted by molar-refractivity contribution is 7.19. The van der Waals surface area contributed by atoms with E-state index in [9.17, 15) is 4.39 Å². The Balaban J connectivity index is 1.87. The molecule has 0 amide bonds. The van der Waals surface area contributed by atoms with Crippen molar-refractivity contribution in [1.82, 2.24) is 14.8 Å². The Hall–Kier alpha value is -2.99. The molecule has 0 fully saturated rings. The van der Waals surface area contributed by atoms with Gasteiger partial charge in [0, 0.05) is 26.5 Å². The van der Waals surface area contributed by atoms with Gasteiger partial charge < -0.3 is 5.73 Å². The lowest BCUT2D eigenvalue weighted by Gasteiger charge is -2.08. The number of hydrogen-bond donors (Lipinski definition) is 1. The third kappa shape index (κ3) is 2.05. The molecule has 3 aromatic heterocycles. The van der Waals surface area contributed by atoms with Gasteiger partial charge in [0.05, 0.1) is 16.7 Å². The van der Waals surface area contributed by atoms with E-state index < -0.39 is 0 Å². The maximum absolute atomic E-state index is 13.6. The van der Waals surface area contributed by atoms with Crippen LogP contribution in [0.25, 0.3) is 37.6 Å². The van der Waals surface area contributed by atoms with Crippen LogP contribution in [0.4, 0.5) is 10.2 Å². The summed E-state index contributed by atoms with van der Waals surface area (Å²) >= 11 is 1.78.